The highest BCUT2D eigenvalue weighted by atomic mass is 79.9. The van der Waals surface area contributed by atoms with Crippen LogP contribution < -0.4 is 14.8 Å². The number of ether oxygens (including phenoxy) is 1. The Morgan fingerprint density at radius 2 is 1.56 bits per heavy atom. The Hall–Kier alpha value is -3.58. The Morgan fingerprint density at radius 3 is 2.12 bits per heavy atom. The van der Waals surface area contributed by atoms with Crippen molar-refractivity contribution in [3.63, 3.8) is 0 Å². The number of anilines is 2. The van der Waals surface area contributed by atoms with Gasteiger partial charge in [0, 0.05) is 15.7 Å². The molecule has 0 fully saturated rings. The molecule has 0 aliphatic carbocycles. The van der Waals surface area contributed by atoms with Crippen LogP contribution in [0.1, 0.15) is 20.7 Å². The van der Waals surface area contributed by atoms with Crippen molar-refractivity contribution in [1.82, 2.24) is 0 Å². The summed E-state index contributed by atoms with van der Waals surface area (Å²) in [5, 5.41) is 11.8. The average molecular weight is 559 g/mol. The van der Waals surface area contributed by atoms with Gasteiger partial charge in [0.15, 0.2) is 0 Å². The molecule has 3 aromatic carbocycles. The minimum atomic E-state index is -4.90. The van der Waals surface area contributed by atoms with Crippen molar-refractivity contribution in [3.05, 3.63) is 82.3 Å². The van der Waals surface area contributed by atoms with Crippen LogP contribution in [0.25, 0.3) is 0 Å². The number of alkyl halides is 3. The van der Waals surface area contributed by atoms with E-state index in [1.54, 1.807) is 6.07 Å². The lowest BCUT2D eigenvalue weighted by molar-refractivity contribution is -0.274. The fraction of sp³-hybridized carbons (Fsp3) is 0.0476. The van der Waals surface area contributed by atoms with Crippen molar-refractivity contribution in [3.8, 4) is 5.75 Å². The van der Waals surface area contributed by atoms with Crippen LogP contribution in [0, 0.1) is 0 Å². The summed E-state index contributed by atoms with van der Waals surface area (Å²) < 4.78 is 68.1. The van der Waals surface area contributed by atoms with Crippen LogP contribution in [0.5, 0.6) is 5.75 Å². The smallest absolute Gasteiger partial charge is 0.478 e. The Morgan fingerprint density at radius 1 is 0.941 bits per heavy atom. The van der Waals surface area contributed by atoms with Gasteiger partial charge in [-0.05, 0) is 66.7 Å². The number of rotatable bonds is 7. The van der Waals surface area contributed by atoms with E-state index in [0.29, 0.717) is 4.47 Å². The molecule has 0 spiro atoms. The lowest BCUT2D eigenvalue weighted by Crippen LogP contribution is -2.17. The number of aromatic carboxylic acids is 1. The first-order chi connectivity index (χ1) is 15.8. The molecule has 178 valence electrons. The molecule has 0 atom stereocenters. The number of carboxylic acid groups (broad SMARTS) is 1. The molecule has 0 aliphatic rings. The summed E-state index contributed by atoms with van der Waals surface area (Å²) in [4.78, 5) is 23.5. The molecular formula is C21H14BrF3N2O6S. The van der Waals surface area contributed by atoms with Gasteiger partial charge >= 0.3 is 12.3 Å². The molecule has 0 saturated heterocycles. The maximum Gasteiger partial charge on any atom is 0.573 e. The van der Waals surface area contributed by atoms with E-state index < -0.39 is 34.0 Å². The number of hydrogen-bond donors (Lipinski definition) is 3. The zero-order valence-electron chi connectivity index (χ0n) is 16.8. The second-order valence-electron chi connectivity index (χ2n) is 6.65. The summed E-state index contributed by atoms with van der Waals surface area (Å²) >= 11 is 3.16. The number of sulfonamides is 1. The first-order valence-corrected chi connectivity index (χ1v) is 11.4. The molecule has 0 radical (unpaired) electrons. The maximum atomic E-state index is 12.5. The van der Waals surface area contributed by atoms with E-state index in [4.69, 9.17) is 0 Å². The van der Waals surface area contributed by atoms with Crippen LogP contribution in [0.4, 0.5) is 24.5 Å². The molecule has 0 bridgehead atoms. The third-order valence-corrected chi connectivity index (χ3v) is 6.12. The molecule has 3 aromatic rings. The van der Waals surface area contributed by atoms with E-state index in [-0.39, 0.29) is 27.4 Å². The summed E-state index contributed by atoms with van der Waals surface area (Å²) in [6, 6.07) is 13.2. The maximum absolute atomic E-state index is 12.5. The molecule has 13 heteroatoms. The van der Waals surface area contributed by atoms with Gasteiger partial charge in [-0.3, -0.25) is 9.52 Å². The highest BCUT2D eigenvalue weighted by Gasteiger charge is 2.31. The normalized spacial score (nSPS) is 11.5. The Labute approximate surface area is 199 Å². The summed E-state index contributed by atoms with van der Waals surface area (Å²) in [5.74, 6) is -2.43. The molecule has 1 amide bonds. The molecule has 0 saturated carbocycles. The zero-order valence-corrected chi connectivity index (χ0v) is 19.2. The van der Waals surface area contributed by atoms with Gasteiger partial charge in [-0.25, -0.2) is 13.2 Å². The van der Waals surface area contributed by atoms with E-state index in [0.717, 1.165) is 24.3 Å². The Bertz CT molecular complexity index is 1330. The minimum Gasteiger partial charge on any atom is -0.478 e. The number of nitrogens with one attached hydrogen (secondary N) is 2. The van der Waals surface area contributed by atoms with E-state index in [9.17, 15) is 36.3 Å². The van der Waals surface area contributed by atoms with Gasteiger partial charge in [0.05, 0.1) is 16.1 Å². The molecular weight excluding hydrogens is 545 g/mol. The van der Waals surface area contributed by atoms with Crippen molar-refractivity contribution in [2.24, 2.45) is 0 Å². The van der Waals surface area contributed by atoms with Crippen molar-refractivity contribution in [2.75, 3.05) is 10.0 Å². The highest BCUT2D eigenvalue weighted by molar-refractivity contribution is 9.10. The molecule has 8 nitrogen and oxygen atoms in total. The second kappa shape index (κ2) is 9.73. The summed E-state index contributed by atoms with van der Waals surface area (Å²) in [6.07, 6.45) is -4.90. The molecule has 0 aromatic heterocycles. The SMILES string of the molecule is O=C(Nc1ccc(Br)cc1C(=O)O)c1ccc(NS(=O)(=O)c2ccc(OC(F)(F)F)cc2)cc1. The van der Waals surface area contributed by atoms with Gasteiger partial charge in [-0.2, -0.15) is 0 Å². The first kappa shape index (κ1) is 25.1. The number of benzene rings is 3. The summed E-state index contributed by atoms with van der Waals surface area (Å²) in [7, 11) is -4.13. The third kappa shape index (κ3) is 6.48. The van der Waals surface area contributed by atoms with Crippen molar-refractivity contribution in [1.29, 1.82) is 0 Å². The molecule has 3 rings (SSSR count). The van der Waals surface area contributed by atoms with Gasteiger partial charge in [0.1, 0.15) is 5.75 Å². The number of hydrogen-bond acceptors (Lipinski definition) is 5. The van der Waals surface area contributed by atoms with Crippen LogP contribution in [0.2, 0.25) is 0 Å². The van der Waals surface area contributed by atoms with E-state index in [1.165, 1.54) is 36.4 Å². The van der Waals surface area contributed by atoms with Crippen molar-refractivity contribution in [2.45, 2.75) is 11.3 Å². The standard InChI is InChI=1S/C21H14BrF3N2O6S/c22-13-3-10-18(17(11-13)20(29)30)26-19(28)12-1-4-14(5-2-12)27-34(31,32)16-8-6-15(7-9-16)33-21(23,24)25/h1-11,27H,(H,26,28)(H,29,30). The van der Waals surface area contributed by atoms with Gasteiger partial charge in [-0.1, -0.05) is 15.9 Å². The highest BCUT2D eigenvalue weighted by Crippen LogP contribution is 2.25. The van der Waals surface area contributed by atoms with Crippen molar-refractivity contribution >= 4 is 49.2 Å². The van der Waals surface area contributed by atoms with Crippen LogP contribution in [-0.4, -0.2) is 31.8 Å². The number of carbonyl (C=O) groups excluding carboxylic acids is 1. The molecule has 34 heavy (non-hydrogen) atoms. The average Bonchev–Trinajstić information content (AvgIpc) is 2.74. The van der Waals surface area contributed by atoms with Gasteiger partial charge in [0.25, 0.3) is 15.9 Å². The molecule has 3 N–H and O–H groups in total. The third-order valence-electron chi connectivity index (χ3n) is 4.23. The van der Waals surface area contributed by atoms with E-state index >= 15 is 0 Å². The molecule has 0 unspecified atom stereocenters. The van der Waals surface area contributed by atoms with Gasteiger partial charge in [-0.15, -0.1) is 13.2 Å². The number of halogens is 4. The first-order valence-electron chi connectivity index (χ1n) is 9.17. The predicted octanol–water partition coefficient (Wildman–Crippen LogP) is 5.10. The lowest BCUT2D eigenvalue weighted by atomic mass is 10.1. The molecule has 0 aliphatic heterocycles. The summed E-state index contributed by atoms with van der Waals surface area (Å²) in [5.41, 5.74) is 0.153. The van der Waals surface area contributed by atoms with E-state index in [2.05, 4.69) is 30.7 Å². The quantitative estimate of drug-likeness (QED) is 0.371. The van der Waals surface area contributed by atoms with Crippen molar-refractivity contribution < 1.29 is 41.0 Å². The topological polar surface area (TPSA) is 122 Å². The Balaban J connectivity index is 1.71. The Kier molecular flexibility index (Phi) is 7.17. The largest absolute Gasteiger partial charge is 0.573 e. The van der Waals surface area contributed by atoms with Crippen LogP contribution in [0.15, 0.2) is 76.1 Å². The minimum absolute atomic E-state index is 0.0726. The fourth-order valence-electron chi connectivity index (χ4n) is 2.72. The predicted molar refractivity (Wildman–Crippen MR) is 119 cm³/mol. The van der Waals surface area contributed by atoms with E-state index in [1.807, 2.05) is 0 Å². The zero-order chi connectivity index (χ0) is 25.1. The van der Waals surface area contributed by atoms with Crippen LogP contribution in [-0.2, 0) is 10.0 Å². The van der Waals surface area contributed by atoms with Gasteiger partial charge in [0.2, 0.25) is 0 Å². The lowest BCUT2D eigenvalue weighted by Gasteiger charge is -2.12. The number of carboxylic acids is 1. The molecule has 0 heterocycles. The fourth-order valence-corrected chi connectivity index (χ4v) is 4.14. The summed E-state index contributed by atoms with van der Waals surface area (Å²) in [6.45, 7) is 0. The van der Waals surface area contributed by atoms with Gasteiger partial charge < -0.3 is 15.2 Å². The monoisotopic (exact) mass is 558 g/mol. The number of carbonyl (C=O) groups is 2. The van der Waals surface area contributed by atoms with Crippen LogP contribution in [0.3, 0.4) is 0 Å². The second-order valence-corrected chi connectivity index (χ2v) is 9.25. The van der Waals surface area contributed by atoms with Crippen LogP contribution >= 0.6 is 15.9 Å². The number of amides is 1.